The number of hydrogen-bond acceptors (Lipinski definition) is 3. The number of para-hydroxylation sites is 1. The third kappa shape index (κ3) is 3.33. The summed E-state index contributed by atoms with van der Waals surface area (Å²) < 4.78 is 26.1. The monoisotopic (exact) mass is 341 g/mol. The van der Waals surface area contributed by atoms with E-state index in [1.165, 1.54) is 11.0 Å². The minimum absolute atomic E-state index is 0.0186. The Morgan fingerprint density at radius 1 is 1.20 bits per heavy atom. The van der Waals surface area contributed by atoms with E-state index in [0.717, 1.165) is 12.1 Å². The van der Waals surface area contributed by atoms with Gasteiger partial charge in [-0.1, -0.05) is 12.1 Å². The van der Waals surface area contributed by atoms with Crippen LogP contribution in [0.15, 0.2) is 42.5 Å². The Bertz CT molecular complexity index is 892. The number of nitrogens with one attached hydrogen (secondary N) is 1. The highest BCUT2D eigenvalue weighted by Crippen LogP contribution is 2.28. The summed E-state index contributed by atoms with van der Waals surface area (Å²) in [7, 11) is 0. The molecule has 2 aromatic rings. The number of anilines is 2. The third-order valence-electron chi connectivity index (χ3n) is 4.00. The van der Waals surface area contributed by atoms with Crippen molar-refractivity contribution in [3.8, 4) is 6.07 Å². The van der Waals surface area contributed by atoms with E-state index in [0.29, 0.717) is 11.3 Å². The molecule has 1 aliphatic heterocycles. The van der Waals surface area contributed by atoms with Crippen LogP contribution in [0.3, 0.4) is 0 Å². The lowest BCUT2D eigenvalue weighted by Gasteiger charge is -2.18. The van der Waals surface area contributed by atoms with Crippen LogP contribution in [0, 0.1) is 28.9 Å². The molecule has 0 saturated carbocycles. The molecule has 0 aromatic heterocycles. The number of nitrogens with zero attached hydrogens (tertiary/aromatic N) is 2. The van der Waals surface area contributed by atoms with Crippen molar-refractivity contribution >= 4 is 23.2 Å². The van der Waals surface area contributed by atoms with Gasteiger partial charge >= 0.3 is 0 Å². The lowest BCUT2D eigenvalue weighted by molar-refractivity contribution is -0.122. The molecule has 0 bridgehead atoms. The van der Waals surface area contributed by atoms with Crippen molar-refractivity contribution in [3.05, 3.63) is 59.7 Å². The Balaban J connectivity index is 1.74. The third-order valence-corrected chi connectivity index (χ3v) is 4.00. The number of benzene rings is 2. The van der Waals surface area contributed by atoms with Gasteiger partial charge in [-0.25, -0.2) is 8.78 Å². The maximum Gasteiger partial charge on any atom is 0.229 e. The zero-order valence-corrected chi connectivity index (χ0v) is 13.0. The first kappa shape index (κ1) is 16.6. The highest BCUT2D eigenvalue weighted by molar-refractivity contribution is 6.04. The van der Waals surface area contributed by atoms with E-state index in [9.17, 15) is 18.4 Å². The summed E-state index contributed by atoms with van der Waals surface area (Å²) in [4.78, 5) is 25.9. The van der Waals surface area contributed by atoms with Gasteiger partial charge in [-0.2, -0.15) is 5.26 Å². The number of hydrogen-bond donors (Lipinski definition) is 1. The number of carbonyl (C=O) groups excluding carboxylic acids is 2. The van der Waals surface area contributed by atoms with Gasteiger partial charge in [-0.15, -0.1) is 0 Å². The van der Waals surface area contributed by atoms with Gasteiger partial charge < -0.3 is 10.2 Å². The molecule has 1 unspecified atom stereocenters. The molecule has 2 amide bonds. The first-order valence-corrected chi connectivity index (χ1v) is 7.55. The molecule has 3 rings (SSSR count). The zero-order chi connectivity index (χ0) is 18.0. The molecular weight excluding hydrogens is 328 g/mol. The van der Waals surface area contributed by atoms with Gasteiger partial charge in [-0.3, -0.25) is 9.59 Å². The first-order chi connectivity index (χ1) is 12.0. The number of carbonyl (C=O) groups is 2. The largest absolute Gasteiger partial charge is 0.326 e. The predicted molar refractivity (Wildman–Crippen MR) is 86.6 cm³/mol. The van der Waals surface area contributed by atoms with E-state index in [1.807, 2.05) is 6.07 Å². The van der Waals surface area contributed by atoms with E-state index < -0.39 is 23.5 Å². The molecular formula is C18H13F2N3O2. The second-order valence-corrected chi connectivity index (χ2v) is 5.65. The zero-order valence-electron chi connectivity index (χ0n) is 13.0. The van der Waals surface area contributed by atoms with Crippen molar-refractivity contribution in [3.63, 3.8) is 0 Å². The number of amides is 2. The molecule has 1 saturated heterocycles. The second kappa shape index (κ2) is 6.69. The van der Waals surface area contributed by atoms with Crippen LogP contribution in [0.5, 0.6) is 0 Å². The Kier molecular flexibility index (Phi) is 4.44. The van der Waals surface area contributed by atoms with Gasteiger partial charge in [0, 0.05) is 24.7 Å². The summed E-state index contributed by atoms with van der Waals surface area (Å²) in [5.41, 5.74) is 0.919. The standard InChI is InChI=1S/C18H13F2N3O2/c19-14-6-5-13(8-15(14)20)22-18(25)12-7-17(24)23(10-12)16-4-2-1-3-11(16)9-21/h1-6,8,12H,7,10H2,(H,22,25). The van der Waals surface area contributed by atoms with Gasteiger partial charge in [-0.05, 0) is 24.3 Å². The van der Waals surface area contributed by atoms with Crippen LogP contribution in [-0.4, -0.2) is 18.4 Å². The molecule has 25 heavy (non-hydrogen) atoms. The number of rotatable bonds is 3. The van der Waals surface area contributed by atoms with Gasteiger partial charge in [0.1, 0.15) is 6.07 Å². The van der Waals surface area contributed by atoms with Crippen LogP contribution in [-0.2, 0) is 9.59 Å². The maximum atomic E-state index is 13.2. The van der Waals surface area contributed by atoms with Gasteiger partial charge in [0.25, 0.3) is 0 Å². The van der Waals surface area contributed by atoms with Crippen molar-refractivity contribution in [1.82, 2.24) is 0 Å². The highest BCUT2D eigenvalue weighted by Gasteiger charge is 2.36. The molecule has 1 atom stereocenters. The van der Waals surface area contributed by atoms with Gasteiger partial charge in [0.05, 0.1) is 17.2 Å². The molecule has 1 heterocycles. The molecule has 0 aliphatic carbocycles. The van der Waals surface area contributed by atoms with Gasteiger partial charge in [0.15, 0.2) is 11.6 Å². The fraction of sp³-hybridized carbons (Fsp3) is 0.167. The van der Waals surface area contributed by atoms with Crippen molar-refractivity contribution in [1.29, 1.82) is 5.26 Å². The van der Waals surface area contributed by atoms with E-state index in [1.54, 1.807) is 24.3 Å². The van der Waals surface area contributed by atoms with Crippen LogP contribution in [0.25, 0.3) is 0 Å². The average molecular weight is 341 g/mol. The van der Waals surface area contributed by atoms with Crippen molar-refractivity contribution in [2.75, 3.05) is 16.8 Å². The number of nitriles is 1. The predicted octanol–water partition coefficient (Wildman–Crippen LogP) is 2.83. The summed E-state index contributed by atoms with van der Waals surface area (Å²) in [5, 5.41) is 11.6. The number of halogens is 2. The SMILES string of the molecule is N#Cc1ccccc1N1CC(C(=O)Nc2ccc(F)c(F)c2)CC1=O. The molecule has 1 fully saturated rings. The first-order valence-electron chi connectivity index (χ1n) is 7.55. The Labute approximate surface area is 142 Å². The summed E-state index contributed by atoms with van der Waals surface area (Å²) in [6.07, 6.45) is -0.0186. The Hall–Kier alpha value is -3.27. The van der Waals surface area contributed by atoms with Crippen LogP contribution < -0.4 is 10.2 Å². The smallest absolute Gasteiger partial charge is 0.229 e. The van der Waals surface area contributed by atoms with E-state index >= 15 is 0 Å². The van der Waals surface area contributed by atoms with Crippen LogP contribution in [0.2, 0.25) is 0 Å². The minimum atomic E-state index is -1.06. The molecule has 7 heteroatoms. The van der Waals surface area contributed by atoms with Crippen LogP contribution in [0.1, 0.15) is 12.0 Å². The lowest BCUT2D eigenvalue weighted by Crippen LogP contribution is -2.28. The second-order valence-electron chi connectivity index (χ2n) is 5.65. The summed E-state index contributed by atoms with van der Waals surface area (Å²) >= 11 is 0. The molecule has 1 N–H and O–H groups in total. The average Bonchev–Trinajstić information content (AvgIpc) is 3.00. The van der Waals surface area contributed by atoms with Gasteiger partial charge in [0.2, 0.25) is 11.8 Å². The topological polar surface area (TPSA) is 73.2 Å². The summed E-state index contributed by atoms with van der Waals surface area (Å²) in [6, 6.07) is 11.7. The van der Waals surface area contributed by atoms with E-state index in [4.69, 9.17) is 5.26 Å². The van der Waals surface area contributed by atoms with Crippen LogP contribution >= 0.6 is 0 Å². The normalized spacial score (nSPS) is 16.6. The lowest BCUT2D eigenvalue weighted by atomic mass is 10.1. The minimum Gasteiger partial charge on any atom is -0.326 e. The summed E-state index contributed by atoms with van der Waals surface area (Å²) in [6.45, 7) is 0.118. The molecule has 0 spiro atoms. The summed E-state index contributed by atoms with van der Waals surface area (Å²) in [5.74, 6) is -3.45. The van der Waals surface area contributed by atoms with E-state index in [-0.39, 0.29) is 24.6 Å². The van der Waals surface area contributed by atoms with Crippen LogP contribution in [0.4, 0.5) is 20.2 Å². The molecule has 126 valence electrons. The Morgan fingerprint density at radius 3 is 2.68 bits per heavy atom. The highest BCUT2D eigenvalue weighted by atomic mass is 19.2. The maximum absolute atomic E-state index is 13.2. The quantitative estimate of drug-likeness (QED) is 0.933. The Morgan fingerprint density at radius 2 is 1.96 bits per heavy atom. The molecule has 1 aliphatic rings. The van der Waals surface area contributed by atoms with E-state index in [2.05, 4.69) is 5.32 Å². The van der Waals surface area contributed by atoms with Crippen molar-refractivity contribution < 1.29 is 18.4 Å². The van der Waals surface area contributed by atoms with Crippen molar-refractivity contribution in [2.24, 2.45) is 5.92 Å². The molecule has 0 radical (unpaired) electrons. The molecule has 5 nitrogen and oxygen atoms in total. The van der Waals surface area contributed by atoms with Crippen molar-refractivity contribution in [2.45, 2.75) is 6.42 Å². The fourth-order valence-corrected chi connectivity index (χ4v) is 2.74. The molecule has 2 aromatic carbocycles. The fourth-order valence-electron chi connectivity index (χ4n) is 2.74.